The highest BCUT2D eigenvalue weighted by molar-refractivity contribution is 5.83. The molecule has 1 N–H and O–H groups in total. The zero-order valence-corrected chi connectivity index (χ0v) is 11.6. The van der Waals surface area contributed by atoms with Gasteiger partial charge in [-0.25, -0.2) is 4.98 Å². The van der Waals surface area contributed by atoms with Gasteiger partial charge in [-0.15, -0.1) is 0 Å². The van der Waals surface area contributed by atoms with E-state index in [9.17, 15) is 0 Å². The van der Waals surface area contributed by atoms with E-state index in [0.717, 1.165) is 24.3 Å². The number of para-hydroxylation sites is 1. The lowest BCUT2D eigenvalue weighted by atomic mass is 10.0. The predicted molar refractivity (Wildman–Crippen MR) is 85.2 cm³/mol. The number of rotatable bonds is 4. The molecule has 100 valence electrons. The van der Waals surface area contributed by atoms with E-state index in [-0.39, 0.29) is 0 Å². The number of pyridine rings is 1. The van der Waals surface area contributed by atoms with E-state index in [1.807, 2.05) is 12.1 Å². The van der Waals surface area contributed by atoms with Crippen molar-refractivity contribution < 1.29 is 0 Å². The molecule has 0 radical (unpaired) electrons. The summed E-state index contributed by atoms with van der Waals surface area (Å²) in [6.45, 7) is 2.97. The van der Waals surface area contributed by atoms with Crippen molar-refractivity contribution in [2.75, 3.05) is 11.9 Å². The van der Waals surface area contributed by atoms with Crippen LogP contribution < -0.4 is 5.32 Å². The molecule has 0 aliphatic carbocycles. The van der Waals surface area contributed by atoms with Crippen LogP contribution in [0.15, 0.2) is 60.7 Å². The number of hydrogen-bond acceptors (Lipinski definition) is 2. The molecule has 0 amide bonds. The van der Waals surface area contributed by atoms with Crippen molar-refractivity contribution in [1.29, 1.82) is 0 Å². The molecule has 0 aliphatic rings. The molecule has 1 heterocycles. The summed E-state index contributed by atoms with van der Waals surface area (Å²) in [6.07, 6.45) is 0.917. The molecule has 2 aromatic carbocycles. The summed E-state index contributed by atoms with van der Waals surface area (Å²) in [6, 6.07) is 21.1. The summed E-state index contributed by atoms with van der Waals surface area (Å²) < 4.78 is 0. The number of hydrogen-bond donors (Lipinski definition) is 1. The van der Waals surface area contributed by atoms with Gasteiger partial charge in [0.2, 0.25) is 0 Å². The van der Waals surface area contributed by atoms with Gasteiger partial charge in [-0.2, -0.15) is 0 Å². The third-order valence-corrected chi connectivity index (χ3v) is 3.40. The van der Waals surface area contributed by atoms with Crippen LogP contribution in [-0.4, -0.2) is 11.5 Å². The number of fused-ring (bicyclic) bond motifs is 1. The first-order valence-corrected chi connectivity index (χ1v) is 7.03. The van der Waals surface area contributed by atoms with Gasteiger partial charge in [0, 0.05) is 11.9 Å². The smallest absolute Gasteiger partial charge is 0.126 e. The first kappa shape index (κ1) is 12.7. The Morgan fingerprint density at radius 3 is 2.55 bits per heavy atom. The van der Waals surface area contributed by atoms with Gasteiger partial charge >= 0.3 is 0 Å². The minimum atomic E-state index is 0.888. The summed E-state index contributed by atoms with van der Waals surface area (Å²) in [4.78, 5) is 4.75. The van der Waals surface area contributed by atoms with Gasteiger partial charge in [0.05, 0.1) is 5.52 Å². The van der Waals surface area contributed by atoms with Crippen LogP contribution in [0.25, 0.3) is 10.9 Å². The van der Waals surface area contributed by atoms with Crippen LogP contribution in [0.4, 0.5) is 5.82 Å². The number of nitrogens with one attached hydrogen (secondary N) is 1. The Bertz CT molecular complexity index is 705. The van der Waals surface area contributed by atoms with Gasteiger partial charge < -0.3 is 5.32 Å². The standard InChI is InChI=1S/C18H18N2/c1-2-19-17-12-11-15-9-6-10-16(18(15)20-17)13-14-7-4-3-5-8-14/h3-12H,2,13H2,1H3,(H,19,20). The van der Waals surface area contributed by atoms with Crippen molar-refractivity contribution in [2.24, 2.45) is 0 Å². The second-order valence-corrected chi connectivity index (χ2v) is 4.88. The zero-order chi connectivity index (χ0) is 13.8. The van der Waals surface area contributed by atoms with E-state index in [1.54, 1.807) is 0 Å². The first-order chi connectivity index (χ1) is 9.86. The SMILES string of the molecule is CCNc1ccc2cccc(Cc3ccccc3)c2n1. The average molecular weight is 262 g/mol. The van der Waals surface area contributed by atoms with Crippen LogP contribution >= 0.6 is 0 Å². The summed E-state index contributed by atoms with van der Waals surface area (Å²) in [7, 11) is 0. The maximum Gasteiger partial charge on any atom is 0.126 e. The zero-order valence-electron chi connectivity index (χ0n) is 11.6. The lowest BCUT2D eigenvalue weighted by Gasteiger charge is -2.09. The average Bonchev–Trinajstić information content (AvgIpc) is 2.49. The molecule has 0 unspecified atom stereocenters. The number of aromatic nitrogens is 1. The van der Waals surface area contributed by atoms with Gasteiger partial charge in [-0.05, 0) is 36.6 Å². The fourth-order valence-electron chi connectivity index (χ4n) is 2.45. The Hall–Kier alpha value is -2.35. The van der Waals surface area contributed by atoms with Crippen molar-refractivity contribution in [3.63, 3.8) is 0 Å². The third-order valence-electron chi connectivity index (χ3n) is 3.40. The van der Waals surface area contributed by atoms with Crippen LogP contribution in [0.5, 0.6) is 0 Å². The molecule has 2 nitrogen and oxygen atoms in total. The van der Waals surface area contributed by atoms with Crippen LogP contribution in [0, 0.1) is 0 Å². The number of benzene rings is 2. The Labute approximate surface area is 119 Å². The van der Waals surface area contributed by atoms with Crippen LogP contribution in [-0.2, 0) is 6.42 Å². The number of anilines is 1. The van der Waals surface area contributed by atoms with E-state index in [4.69, 9.17) is 4.98 Å². The van der Waals surface area contributed by atoms with Gasteiger partial charge in [0.25, 0.3) is 0 Å². The third kappa shape index (κ3) is 2.64. The van der Waals surface area contributed by atoms with Crippen LogP contribution in [0.3, 0.4) is 0 Å². The Balaban J connectivity index is 2.03. The molecule has 20 heavy (non-hydrogen) atoms. The normalized spacial score (nSPS) is 10.7. The largest absolute Gasteiger partial charge is 0.370 e. The Morgan fingerprint density at radius 2 is 1.75 bits per heavy atom. The molecule has 0 fully saturated rings. The van der Waals surface area contributed by atoms with Gasteiger partial charge in [-0.1, -0.05) is 48.5 Å². The molecule has 0 bridgehead atoms. The van der Waals surface area contributed by atoms with E-state index in [0.29, 0.717) is 0 Å². The van der Waals surface area contributed by atoms with Crippen molar-refractivity contribution >= 4 is 16.7 Å². The van der Waals surface area contributed by atoms with E-state index >= 15 is 0 Å². The van der Waals surface area contributed by atoms with E-state index < -0.39 is 0 Å². The molecule has 2 heteroatoms. The van der Waals surface area contributed by atoms with E-state index in [1.165, 1.54) is 16.5 Å². The summed E-state index contributed by atoms with van der Waals surface area (Å²) in [5, 5.41) is 4.47. The first-order valence-electron chi connectivity index (χ1n) is 7.03. The second kappa shape index (κ2) is 5.74. The van der Waals surface area contributed by atoms with Crippen molar-refractivity contribution in [3.8, 4) is 0 Å². The minimum absolute atomic E-state index is 0.888. The van der Waals surface area contributed by atoms with Gasteiger partial charge in [0.1, 0.15) is 5.82 Å². The van der Waals surface area contributed by atoms with E-state index in [2.05, 4.69) is 60.8 Å². The minimum Gasteiger partial charge on any atom is -0.370 e. The van der Waals surface area contributed by atoms with Crippen molar-refractivity contribution in [1.82, 2.24) is 4.98 Å². The molecule has 0 spiro atoms. The van der Waals surface area contributed by atoms with Crippen LogP contribution in [0.1, 0.15) is 18.1 Å². The fraction of sp³-hybridized carbons (Fsp3) is 0.167. The molecule has 1 aromatic heterocycles. The van der Waals surface area contributed by atoms with Gasteiger partial charge in [0.15, 0.2) is 0 Å². The highest BCUT2D eigenvalue weighted by Crippen LogP contribution is 2.21. The predicted octanol–water partition coefficient (Wildman–Crippen LogP) is 4.26. The monoisotopic (exact) mass is 262 g/mol. The van der Waals surface area contributed by atoms with Crippen molar-refractivity contribution in [2.45, 2.75) is 13.3 Å². The van der Waals surface area contributed by atoms with Crippen molar-refractivity contribution in [3.05, 3.63) is 71.8 Å². The maximum absolute atomic E-state index is 4.75. The maximum atomic E-state index is 4.75. The summed E-state index contributed by atoms with van der Waals surface area (Å²) in [5.41, 5.74) is 3.68. The summed E-state index contributed by atoms with van der Waals surface area (Å²) >= 11 is 0. The fourth-order valence-corrected chi connectivity index (χ4v) is 2.45. The highest BCUT2D eigenvalue weighted by atomic mass is 15.0. The Kier molecular flexibility index (Phi) is 3.64. The molecular weight excluding hydrogens is 244 g/mol. The molecule has 0 aliphatic heterocycles. The lowest BCUT2D eigenvalue weighted by Crippen LogP contribution is -2.00. The highest BCUT2D eigenvalue weighted by Gasteiger charge is 2.04. The molecule has 0 saturated carbocycles. The Morgan fingerprint density at radius 1 is 0.900 bits per heavy atom. The second-order valence-electron chi connectivity index (χ2n) is 4.88. The van der Waals surface area contributed by atoms with Crippen LogP contribution in [0.2, 0.25) is 0 Å². The lowest BCUT2D eigenvalue weighted by molar-refractivity contribution is 1.16. The quantitative estimate of drug-likeness (QED) is 0.760. The molecule has 3 aromatic rings. The molecular formula is C18H18N2. The summed E-state index contributed by atoms with van der Waals surface area (Å²) in [5.74, 6) is 0.945. The number of nitrogens with zero attached hydrogens (tertiary/aromatic N) is 1. The molecule has 3 rings (SSSR count). The molecule has 0 saturated heterocycles. The molecule has 0 atom stereocenters. The van der Waals surface area contributed by atoms with Gasteiger partial charge in [-0.3, -0.25) is 0 Å². The topological polar surface area (TPSA) is 24.9 Å².